The van der Waals surface area contributed by atoms with Gasteiger partial charge in [-0.15, -0.1) is 11.3 Å². The Bertz CT molecular complexity index is 1000. The second-order valence-electron chi connectivity index (χ2n) is 6.62. The zero-order valence-corrected chi connectivity index (χ0v) is 18.1. The summed E-state index contributed by atoms with van der Waals surface area (Å²) in [7, 11) is 3.19. The lowest BCUT2D eigenvalue weighted by atomic mass is 10.1. The molecule has 0 aliphatic rings. The summed E-state index contributed by atoms with van der Waals surface area (Å²) in [6.45, 7) is 3.38. The maximum Gasteiger partial charge on any atom is 0.269 e. The monoisotopic (exact) mass is 432 g/mol. The van der Waals surface area contributed by atoms with Gasteiger partial charge in [-0.25, -0.2) is 4.98 Å². The van der Waals surface area contributed by atoms with Crippen LogP contribution in [0, 0.1) is 0 Å². The van der Waals surface area contributed by atoms with Gasteiger partial charge in [0.1, 0.15) is 17.2 Å². The van der Waals surface area contributed by atoms with Gasteiger partial charge >= 0.3 is 0 Å². The first kappa shape index (κ1) is 21.0. The van der Waals surface area contributed by atoms with Crippen LogP contribution in [0.15, 0.2) is 47.8 Å². The summed E-state index contributed by atoms with van der Waals surface area (Å²) in [6.07, 6.45) is 0. The van der Waals surface area contributed by atoms with Crippen LogP contribution in [0.25, 0.3) is 11.3 Å². The molecule has 0 atom stereocenters. The summed E-state index contributed by atoms with van der Waals surface area (Å²) in [5, 5.41) is 5.72. The number of nitrogens with one attached hydrogen (secondary N) is 1. The highest BCUT2D eigenvalue weighted by Crippen LogP contribution is 2.35. The molecule has 0 saturated heterocycles. The molecular weight excluding hydrogens is 412 g/mol. The molecule has 3 rings (SSSR count). The van der Waals surface area contributed by atoms with E-state index in [0.717, 1.165) is 5.56 Å². The molecule has 2 aromatic carbocycles. The molecule has 1 aromatic heterocycles. The third-order valence-electron chi connectivity index (χ3n) is 4.14. The van der Waals surface area contributed by atoms with Gasteiger partial charge in [0.2, 0.25) is 0 Å². The van der Waals surface area contributed by atoms with E-state index in [2.05, 4.69) is 10.3 Å². The van der Waals surface area contributed by atoms with E-state index in [-0.39, 0.29) is 5.91 Å². The maximum atomic E-state index is 12.7. The van der Waals surface area contributed by atoms with Gasteiger partial charge in [-0.05, 0) is 56.3 Å². The van der Waals surface area contributed by atoms with Crippen molar-refractivity contribution in [1.29, 1.82) is 0 Å². The fraction of sp³-hybridized carbons (Fsp3) is 0.238. The number of nitrogens with zero attached hydrogens (tertiary/aromatic N) is 1. The van der Waals surface area contributed by atoms with Gasteiger partial charge in [0.25, 0.3) is 5.91 Å². The van der Waals surface area contributed by atoms with Crippen molar-refractivity contribution in [3.8, 4) is 28.5 Å². The first-order chi connectivity index (χ1) is 13.8. The molecule has 8 heteroatoms. The second-order valence-corrected chi connectivity index (χ2v) is 7.92. The quantitative estimate of drug-likeness (QED) is 0.550. The van der Waals surface area contributed by atoms with Crippen molar-refractivity contribution in [2.24, 2.45) is 0 Å². The number of ether oxygens (including phenoxy) is 3. The van der Waals surface area contributed by atoms with E-state index >= 15 is 0 Å². The molecule has 0 fully saturated rings. The summed E-state index contributed by atoms with van der Waals surface area (Å²) in [6, 6.07) is 12.3. The Morgan fingerprint density at radius 1 is 1.07 bits per heavy atom. The molecule has 29 heavy (non-hydrogen) atoms. The molecule has 152 valence electrons. The van der Waals surface area contributed by atoms with Crippen molar-refractivity contribution in [3.05, 3.63) is 52.9 Å². The Hall–Kier alpha value is -2.77. The molecule has 0 radical (unpaired) electrons. The Morgan fingerprint density at radius 2 is 1.76 bits per heavy atom. The lowest BCUT2D eigenvalue weighted by Crippen LogP contribution is -2.42. The molecule has 0 bridgehead atoms. The Balaban J connectivity index is 1.75. The summed E-state index contributed by atoms with van der Waals surface area (Å²) in [4.78, 5) is 17.2. The lowest BCUT2D eigenvalue weighted by Gasteiger charge is -2.24. The minimum atomic E-state index is -1.10. The summed E-state index contributed by atoms with van der Waals surface area (Å²) >= 11 is 7.21. The molecule has 0 saturated carbocycles. The van der Waals surface area contributed by atoms with Crippen LogP contribution < -0.4 is 19.5 Å². The molecule has 1 amide bonds. The van der Waals surface area contributed by atoms with Crippen LogP contribution in [-0.2, 0) is 4.79 Å². The normalized spacial score (nSPS) is 11.1. The number of anilines is 1. The van der Waals surface area contributed by atoms with Crippen LogP contribution in [0.3, 0.4) is 0 Å². The minimum absolute atomic E-state index is 0.314. The third-order valence-corrected chi connectivity index (χ3v) is 5.15. The number of methoxy groups -OCH3 is 2. The first-order valence-electron chi connectivity index (χ1n) is 8.76. The first-order valence-corrected chi connectivity index (χ1v) is 10.0. The van der Waals surface area contributed by atoms with Gasteiger partial charge in [-0.1, -0.05) is 11.6 Å². The van der Waals surface area contributed by atoms with Gasteiger partial charge < -0.3 is 14.2 Å². The van der Waals surface area contributed by atoms with E-state index in [0.29, 0.717) is 33.1 Å². The van der Waals surface area contributed by atoms with Crippen LogP contribution in [0.2, 0.25) is 5.02 Å². The van der Waals surface area contributed by atoms with Gasteiger partial charge in [0.15, 0.2) is 10.7 Å². The van der Waals surface area contributed by atoms with Gasteiger partial charge in [0, 0.05) is 16.0 Å². The lowest BCUT2D eigenvalue weighted by molar-refractivity contribution is -0.128. The number of thiazole rings is 1. The molecule has 1 heterocycles. The molecule has 3 aromatic rings. The maximum absolute atomic E-state index is 12.7. The van der Waals surface area contributed by atoms with Gasteiger partial charge in [-0.3, -0.25) is 10.1 Å². The van der Waals surface area contributed by atoms with Crippen LogP contribution in [0.4, 0.5) is 5.13 Å². The SMILES string of the molecule is COc1ccc(OC)c(-c2csc(NC(=O)C(C)(C)Oc3ccc(Cl)cc3)n2)c1. The average Bonchev–Trinajstić information content (AvgIpc) is 3.17. The third kappa shape index (κ3) is 4.99. The molecule has 0 aliphatic carbocycles. The van der Waals surface area contributed by atoms with E-state index in [1.807, 2.05) is 23.6 Å². The number of hydrogen-bond donors (Lipinski definition) is 1. The number of aromatic nitrogens is 1. The van der Waals surface area contributed by atoms with Crippen LogP contribution in [0.5, 0.6) is 17.2 Å². The average molecular weight is 433 g/mol. The highest BCUT2D eigenvalue weighted by Gasteiger charge is 2.31. The number of rotatable bonds is 7. The molecule has 6 nitrogen and oxygen atoms in total. The molecule has 0 unspecified atom stereocenters. The van der Waals surface area contributed by atoms with Crippen molar-refractivity contribution in [2.75, 3.05) is 19.5 Å². The summed E-state index contributed by atoms with van der Waals surface area (Å²) < 4.78 is 16.5. The number of carbonyl (C=O) groups is 1. The second kappa shape index (κ2) is 8.71. The van der Waals surface area contributed by atoms with Crippen molar-refractivity contribution in [1.82, 2.24) is 4.98 Å². The van der Waals surface area contributed by atoms with E-state index in [1.165, 1.54) is 11.3 Å². The minimum Gasteiger partial charge on any atom is -0.497 e. The van der Waals surface area contributed by atoms with E-state index in [4.69, 9.17) is 25.8 Å². The van der Waals surface area contributed by atoms with Crippen molar-refractivity contribution >= 4 is 34.0 Å². The molecule has 0 aliphatic heterocycles. The number of carbonyl (C=O) groups excluding carboxylic acids is 1. The zero-order valence-electron chi connectivity index (χ0n) is 16.5. The van der Waals surface area contributed by atoms with E-state index in [1.54, 1.807) is 52.3 Å². The number of benzene rings is 2. The largest absolute Gasteiger partial charge is 0.497 e. The highest BCUT2D eigenvalue weighted by atomic mass is 35.5. The fourth-order valence-corrected chi connectivity index (χ4v) is 3.39. The molecule has 0 spiro atoms. The zero-order chi connectivity index (χ0) is 21.0. The number of amides is 1. The number of halogens is 1. The Morgan fingerprint density at radius 3 is 2.41 bits per heavy atom. The topological polar surface area (TPSA) is 69.7 Å². The van der Waals surface area contributed by atoms with Gasteiger partial charge in [-0.2, -0.15) is 0 Å². The van der Waals surface area contributed by atoms with E-state index in [9.17, 15) is 4.79 Å². The van der Waals surface area contributed by atoms with Gasteiger partial charge in [0.05, 0.1) is 19.9 Å². The highest BCUT2D eigenvalue weighted by molar-refractivity contribution is 7.14. The standard InChI is InChI=1S/C21H21ClN2O4S/c1-21(2,28-14-7-5-13(22)6-8-14)19(25)24-20-23-17(12-29-20)16-11-15(26-3)9-10-18(16)27-4/h5-12H,1-4H3,(H,23,24,25). The Kier molecular flexibility index (Phi) is 6.30. The van der Waals surface area contributed by atoms with Crippen LogP contribution >= 0.6 is 22.9 Å². The predicted molar refractivity (Wildman–Crippen MR) is 115 cm³/mol. The van der Waals surface area contributed by atoms with Crippen molar-refractivity contribution in [3.63, 3.8) is 0 Å². The van der Waals surface area contributed by atoms with Crippen molar-refractivity contribution < 1.29 is 19.0 Å². The van der Waals surface area contributed by atoms with Crippen molar-refractivity contribution in [2.45, 2.75) is 19.4 Å². The van der Waals surface area contributed by atoms with Crippen LogP contribution in [0.1, 0.15) is 13.8 Å². The predicted octanol–water partition coefficient (Wildman–Crippen LogP) is 5.28. The fourth-order valence-electron chi connectivity index (χ4n) is 2.56. The molecular formula is C21H21ClN2O4S. The molecule has 1 N–H and O–H groups in total. The van der Waals surface area contributed by atoms with E-state index < -0.39 is 5.60 Å². The Labute approximate surface area is 178 Å². The summed E-state index contributed by atoms with van der Waals surface area (Å²) in [5.41, 5.74) is 0.352. The summed E-state index contributed by atoms with van der Waals surface area (Å²) in [5.74, 6) is 1.60. The number of hydrogen-bond acceptors (Lipinski definition) is 6. The smallest absolute Gasteiger partial charge is 0.269 e. The van der Waals surface area contributed by atoms with Crippen LogP contribution in [-0.4, -0.2) is 30.7 Å².